The van der Waals surface area contributed by atoms with Gasteiger partial charge in [0.15, 0.2) is 0 Å². The molecule has 0 radical (unpaired) electrons. The standard InChI is InChI=1S/C19H25N3OS2.2ClH/c1-14-21-17(12-24-14)13-25-18-5-3-16(4-6-18)19(23)22-9-7-15(8-10-22)11-20-2;;/h3-6,12,15,20H,7-11,13H2,1-2H3;2*1H. The van der Waals surface area contributed by atoms with Gasteiger partial charge in [-0.1, -0.05) is 0 Å². The summed E-state index contributed by atoms with van der Waals surface area (Å²) in [4.78, 5) is 20.3. The Balaban J connectivity index is 0.00000182. The van der Waals surface area contributed by atoms with Crippen LogP contribution in [0.2, 0.25) is 0 Å². The van der Waals surface area contributed by atoms with Crippen LogP contribution in [0.3, 0.4) is 0 Å². The van der Waals surface area contributed by atoms with Gasteiger partial charge in [0.1, 0.15) is 0 Å². The Morgan fingerprint density at radius 1 is 1.26 bits per heavy atom. The second-order valence-corrected chi connectivity index (χ2v) is 8.58. The van der Waals surface area contributed by atoms with Gasteiger partial charge in [-0.15, -0.1) is 47.9 Å². The Morgan fingerprint density at radius 2 is 1.93 bits per heavy atom. The van der Waals surface area contributed by atoms with Crippen LogP contribution in [0.1, 0.15) is 33.9 Å². The molecular formula is C19H27Cl2N3OS2. The lowest BCUT2D eigenvalue weighted by Gasteiger charge is -2.32. The number of nitrogens with zero attached hydrogens (tertiary/aromatic N) is 2. The number of carbonyl (C=O) groups is 1. The fourth-order valence-electron chi connectivity index (χ4n) is 3.14. The number of thioether (sulfide) groups is 1. The molecule has 8 heteroatoms. The third-order valence-electron chi connectivity index (χ3n) is 4.55. The van der Waals surface area contributed by atoms with E-state index in [4.69, 9.17) is 0 Å². The molecule has 1 aliphatic heterocycles. The Labute approximate surface area is 182 Å². The van der Waals surface area contributed by atoms with Gasteiger partial charge >= 0.3 is 0 Å². The topological polar surface area (TPSA) is 45.2 Å². The van der Waals surface area contributed by atoms with Gasteiger partial charge in [-0.3, -0.25) is 4.79 Å². The zero-order valence-corrected chi connectivity index (χ0v) is 18.9. The molecule has 0 aliphatic carbocycles. The van der Waals surface area contributed by atoms with Gasteiger partial charge in [-0.2, -0.15) is 0 Å². The fraction of sp³-hybridized carbons (Fsp3) is 0.474. The summed E-state index contributed by atoms with van der Waals surface area (Å²) in [7, 11) is 1.99. The molecule has 27 heavy (non-hydrogen) atoms. The van der Waals surface area contributed by atoms with Crippen LogP contribution in [0.25, 0.3) is 0 Å². The molecule has 0 atom stereocenters. The molecule has 1 N–H and O–H groups in total. The van der Waals surface area contributed by atoms with Crippen molar-refractivity contribution in [3.8, 4) is 0 Å². The average Bonchev–Trinajstić information content (AvgIpc) is 3.06. The number of aromatic nitrogens is 1. The predicted molar refractivity (Wildman–Crippen MR) is 120 cm³/mol. The summed E-state index contributed by atoms with van der Waals surface area (Å²) in [6.07, 6.45) is 2.18. The van der Waals surface area contributed by atoms with E-state index in [2.05, 4.69) is 15.7 Å². The highest BCUT2D eigenvalue weighted by Crippen LogP contribution is 2.25. The minimum atomic E-state index is 0. The predicted octanol–water partition coefficient (Wildman–Crippen LogP) is 4.66. The van der Waals surface area contributed by atoms with E-state index in [1.807, 2.05) is 43.1 Å². The molecule has 0 saturated carbocycles. The molecule has 2 aromatic rings. The van der Waals surface area contributed by atoms with Crippen LogP contribution in [-0.2, 0) is 5.75 Å². The highest BCUT2D eigenvalue weighted by molar-refractivity contribution is 7.98. The van der Waals surface area contributed by atoms with Crippen LogP contribution < -0.4 is 5.32 Å². The van der Waals surface area contributed by atoms with E-state index in [0.717, 1.165) is 54.5 Å². The smallest absolute Gasteiger partial charge is 0.253 e. The molecule has 4 nitrogen and oxygen atoms in total. The van der Waals surface area contributed by atoms with Crippen LogP contribution in [0, 0.1) is 12.8 Å². The van der Waals surface area contributed by atoms with Gasteiger partial charge in [0.25, 0.3) is 5.91 Å². The Kier molecular flexibility index (Phi) is 10.7. The first-order chi connectivity index (χ1) is 12.2. The highest BCUT2D eigenvalue weighted by atomic mass is 35.5. The summed E-state index contributed by atoms with van der Waals surface area (Å²) in [6, 6.07) is 8.00. The van der Waals surface area contributed by atoms with Crippen molar-refractivity contribution in [1.29, 1.82) is 0 Å². The van der Waals surface area contributed by atoms with Crippen LogP contribution in [0.15, 0.2) is 34.5 Å². The maximum absolute atomic E-state index is 12.7. The van der Waals surface area contributed by atoms with Crippen molar-refractivity contribution >= 4 is 53.8 Å². The number of likely N-dealkylation sites (tertiary alicyclic amines) is 1. The van der Waals surface area contributed by atoms with Gasteiger partial charge < -0.3 is 10.2 Å². The van der Waals surface area contributed by atoms with E-state index in [1.54, 1.807) is 23.1 Å². The number of hydrogen-bond donors (Lipinski definition) is 1. The molecule has 1 amide bonds. The first kappa shape index (κ1) is 24.2. The lowest BCUT2D eigenvalue weighted by atomic mass is 9.96. The van der Waals surface area contributed by atoms with Crippen LogP contribution in [-0.4, -0.2) is 42.5 Å². The zero-order valence-electron chi connectivity index (χ0n) is 15.6. The molecule has 150 valence electrons. The van der Waals surface area contributed by atoms with Crippen molar-refractivity contribution in [3.63, 3.8) is 0 Å². The second-order valence-electron chi connectivity index (χ2n) is 6.46. The SMILES string of the molecule is CNCC1CCN(C(=O)c2ccc(SCc3csc(C)n3)cc2)CC1.Cl.Cl. The third-order valence-corrected chi connectivity index (χ3v) is 6.42. The van der Waals surface area contributed by atoms with Gasteiger partial charge in [0.2, 0.25) is 0 Å². The molecule has 0 spiro atoms. The number of amides is 1. The molecule has 3 rings (SSSR count). The number of piperidine rings is 1. The van der Waals surface area contributed by atoms with Gasteiger partial charge in [-0.25, -0.2) is 4.98 Å². The molecule has 1 fully saturated rings. The average molecular weight is 448 g/mol. The number of aryl methyl sites for hydroxylation is 1. The first-order valence-corrected chi connectivity index (χ1v) is 10.6. The molecule has 1 saturated heterocycles. The van der Waals surface area contributed by atoms with Gasteiger partial charge in [-0.05, 0) is 63.5 Å². The minimum absolute atomic E-state index is 0. The summed E-state index contributed by atoms with van der Waals surface area (Å²) in [5.41, 5.74) is 1.91. The number of carbonyl (C=O) groups excluding carboxylic acids is 1. The third kappa shape index (κ3) is 6.95. The molecule has 0 unspecified atom stereocenters. The zero-order chi connectivity index (χ0) is 17.6. The van der Waals surface area contributed by atoms with Crippen molar-refractivity contribution in [1.82, 2.24) is 15.2 Å². The largest absolute Gasteiger partial charge is 0.339 e. The van der Waals surface area contributed by atoms with Crippen LogP contribution in [0.5, 0.6) is 0 Å². The van der Waals surface area contributed by atoms with Gasteiger partial charge in [0.05, 0.1) is 10.7 Å². The highest BCUT2D eigenvalue weighted by Gasteiger charge is 2.23. The Bertz CT molecular complexity index is 701. The lowest BCUT2D eigenvalue weighted by molar-refractivity contribution is 0.0691. The van der Waals surface area contributed by atoms with Gasteiger partial charge in [0, 0.05) is 34.7 Å². The fourth-order valence-corrected chi connectivity index (χ4v) is 4.65. The number of hydrogen-bond acceptors (Lipinski definition) is 5. The maximum atomic E-state index is 12.7. The summed E-state index contributed by atoms with van der Waals surface area (Å²) in [5, 5.41) is 6.45. The normalized spacial score (nSPS) is 14.4. The van der Waals surface area contributed by atoms with E-state index < -0.39 is 0 Å². The lowest BCUT2D eigenvalue weighted by Crippen LogP contribution is -2.40. The molecule has 1 aliphatic rings. The number of nitrogens with one attached hydrogen (secondary N) is 1. The Hall–Kier alpha value is -0.790. The van der Waals surface area contributed by atoms with Crippen molar-refractivity contribution in [2.45, 2.75) is 30.4 Å². The molecule has 1 aromatic carbocycles. The van der Waals surface area contributed by atoms with E-state index in [1.165, 1.54) is 4.90 Å². The maximum Gasteiger partial charge on any atom is 0.253 e. The van der Waals surface area contributed by atoms with E-state index >= 15 is 0 Å². The van der Waals surface area contributed by atoms with Crippen molar-refractivity contribution < 1.29 is 4.79 Å². The summed E-state index contributed by atoms with van der Waals surface area (Å²) in [6.45, 7) is 4.81. The van der Waals surface area contributed by atoms with Crippen molar-refractivity contribution in [3.05, 3.63) is 45.9 Å². The summed E-state index contributed by atoms with van der Waals surface area (Å²) in [5.74, 6) is 1.73. The number of halogens is 2. The number of benzene rings is 1. The van der Waals surface area contributed by atoms with Crippen molar-refractivity contribution in [2.75, 3.05) is 26.7 Å². The summed E-state index contributed by atoms with van der Waals surface area (Å²) >= 11 is 3.45. The molecule has 1 aromatic heterocycles. The summed E-state index contributed by atoms with van der Waals surface area (Å²) < 4.78 is 0. The van der Waals surface area contributed by atoms with Crippen LogP contribution in [0.4, 0.5) is 0 Å². The second kappa shape index (κ2) is 11.9. The van der Waals surface area contributed by atoms with Crippen LogP contribution >= 0.6 is 47.9 Å². The minimum Gasteiger partial charge on any atom is -0.339 e. The molecule has 2 heterocycles. The Morgan fingerprint density at radius 3 is 2.48 bits per heavy atom. The molecule has 0 bridgehead atoms. The van der Waals surface area contributed by atoms with E-state index in [0.29, 0.717) is 5.92 Å². The monoisotopic (exact) mass is 447 g/mol. The van der Waals surface area contributed by atoms with E-state index in [-0.39, 0.29) is 30.7 Å². The number of thiazole rings is 1. The number of rotatable bonds is 6. The van der Waals surface area contributed by atoms with E-state index in [9.17, 15) is 4.79 Å². The molecular weight excluding hydrogens is 421 g/mol. The first-order valence-electron chi connectivity index (χ1n) is 8.73. The van der Waals surface area contributed by atoms with Crippen molar-refractivity contribution in [2.24, 2.45) is 5.92 Å². The quantitative estimate of drug-likeness (QED) is 0.653.